The molecule has 0 spiro atoms. The monoisotopic (exact) mass is 327 g/mol. The van der Waals surface area contributed by atoms with Crippen LogP contribution in [0.15, 0.2) is 28.9 Å². The van der Waals surface area contributed by atoms with Crippen molar-refractivity contribution >= 4 is 0 Å². The van der Waals surface area contributed by atoms with Crippen molar-refractivity contribution in [3.63, 3.8) is 0 Å². The molecule has 1 aliphatic heterocycles. The van der Waals surface area contributed by atoms with E-state index >= 15 is 0 Å². The topological polar surface area (TPSA) is 67.1 Å². The SMILES string of the molecule is C[C@H]1CN(Cc2ccccn2)CC[C@H]1NCc1nc(C2CC2)no1. The smallest absolute Gasteiger partial charge is 0.240 e. The Hall–Kier alpha value is -1.79. The Kier molecular flexibility index (Phi) is 4.58. The fraction of sp³-hybridized carbons (Fsp3) is 0.611. The van der Waals surface area contributed by atoms with Crippen molar-refractivity contribution in [3.8, 4) is 0 Å². The molecule has 2 aromatic heterocycles. The van der Waals surface area contributed by atoms with Crippen LogP contribution in [0.3, 0.4) is 0 Å². The summed E-state index contributed by atoms with van der Waals surface area (Å²) in [5.41, 5.74) is 1.15. The number of nitrogens with zero attached hydrogens (tertiary/aromatic N) is 4. The van der Waals surface area contributed by atoms with Gasteiger partial charge in [0.05, 0.1) is 12.2 Å². The highest BCUT2D eigenvalue weighted by molar-refractivity contribution is 5.04. The van der Waals surface area contributed by atoms with Crippen LogP contribution in [0.2, 0.25) is 0 Å². The molecule has 2 aliphatic rings. The minimum absolute atomic E-state index is 0.501. The first kappa shape index (κ1) is 15.7. The molecule has 1 saturated carbocycles. The van der Waals surface area contributed by atoms with Gasteiger partial charge in [-0.3, -0.25) is 9.88 Å². The Balaban J connectivity index is 1.25. The molecule has 0 aromatic carbocycles. The van der Waals surface area contributed by atoms with Crippen molar-refractivity contribution in [2.24, 2.45) is 5.92 Å². The molecule has 2 atom stereocenters. The van der Waals surface area contributed by atoms with Crippen molar-refractivity contribution in [3.05, 3.63) is 41.8 Å². The Labute approximate surface area is 142 Å². The summed E-state index contributed by atoms with van der Waals surface area (Å²) < 4.78 is 5.35. The third-order valence-electron chi connectivity index (χ3n) is 5.04. The number of nitrogens with one attached hydrogen (secondary N) is 1. The average molecular weight is 327 g/mol. The molecule has 0 amide bonds. The van der Waals surface area contributed by atoms with Gasteiger partial charge < -0.3 is 9.84 Å². The maximum atomic E-state index is 5.35. The highest BCUT2D eigenvalue weighted by Crippen LogP contribution is 2.38. The van der Waals surface area contributed by atoms with Crippen molar-refractivity contribution < 1.29 is 4.52 Å². The number of rotatable bonds is 6. The van der Waals surface area contributed by atoms with E-state index in [1.807, 2.05) is 12.3 Å². The number of piperidine rings is 1. The minimum Gasteiger partial charge on any atom is -0.338 e. The van der Waals surface area contributed by atoms with Gasteiger partial charge in [0.25, 0.3) is 0 Å². The fourth-order valence-corrected chi connectivity index (χ4v) is 3.47. The van der Waals surface area contributed by atoms with E-state index in [0.717, 1.165) is 43.5 Å². The van der Waals surface area contributed by atoms with E-state index in [4.69, 9.17) is 4.52 Å². The quantitative estimate of drug-likeness (QED) is 0.878. The Morgan fingerprint density at radius 1 is 1.29 bits per heavy atom. The zero-order chi connectivity index (χ0) is 16.4. The first-order valence-corrected chi connectivity index (χ1v) is 8.96. The summed E-state index contributed by atoms with van der Waals surface area (Å²) >= 11 is 0. The summed E-state index contributed by atoms with van der Waals surface area (Å²) in [4.78, 5) is 11.4. The van der Waals surface area contributed by atoms with Gasteiger partial charge in [-0.2, -0.15) is 4.98 Å². The van der Waals surface area contributed by atoms with Crippen LogP contribution in [0.5, 0.6) is 0 Å². The van der Waals surface area contributed by atoms with Gasteiger partial charge >= 0.3 is 0 Å². The second-order valence-electron chi connectivity index (χ2n) is 7.13. The van der Waals surface area contributed by atoms with Gasteiger partial charge in [0.1, 0.15) is 0 Å². The molecule has 6 heteroatoms. The van der Waals surface area contributed by atoms with Gasteiger partial charge in [0, 0.05) is 37.8 Å². The summed E-state index contributed by atoms with van der Waals surface area (Å²) in [6.07, 6.45) is 5.42. The predicted octanol–water partition coefficient (Wildman–Crippen LogP) is 2.34. The zero-order valence-electron chi connectivity index (χ0n) is 14.2. The number of hydrogen-bond acceptors (Lipinski definition) is 6. The van der Waals surface area contributed by atoms with Crippen LogP contribution < -0.4 is 5.32 Å². The number of aromatic nitrogens is 3. The molecule has 1 saturated heterocycles. The molecule has 0 bridgehead atoms. The first-order valence-electron chi connectivity index (χ1n) is 8.96. The third-order valence-corrected chi connectivity index (χ3v) is 5.04. The minimum atomic E-state index is 0.501. The molecule has 1 aliphatic carbocycles. The Morgan fingerprint density at radius 3 is 2.96 bits per heavy atom. The largest absolute Gasteiger partial charge is 0.338 e. The fourth-order valence-electron chi connectivity index (χ4n) is 3.47. The highest BCUT2D eigenvalue weighted by Gasteiger charge is 2.29. The van der Waals surface area contributed by atoms with Crippen LogP contribution in [0.4, 0.5) is 0 Å². The molecule has 3 heterocycles. The molecule has 128 valence electrons. The summed E-state index contributed by atoms with van der Waals surface area (Å²) in [6.45, 7) is 6.11. The van der Waals surface area contributed by atoms with Crippen LogP contribution in [0, 0.1) is 5.92 Å². The number of hydrogen-bond donors (Lipinski definition) is 1. The molecule has 4 rings (SSSR count). The standard InChI is InChI=1S/C18H25N5O/c1-13-11-23(12-15-4-2-3-8-19-15)9-7-16(13)20-10-17-21-18(22-24-17)14-5-6-14/h2-4,8,13-14,16,20H,5-7,9-12H2,1H3/t13-,16+/m0/s1. The van der Waals surface area contributed by atoms with Crippen molar-refractivity contribution in [2.45, 2.75) is 51.2 Å². The van der Waals surface area contributed by atoms with E-state index < -0.39 is 0 Å². The summed E-state index contributed by atoms with van der Waals surface area (Å²) in [5, 5.41) is 7.68. The molecule has 2 aromatic rings. The molecule has 1 N–H and O–H groups in total. The van der Waals surface area contributed by atoms with Crippen LogP contribution in [-0.2, 0) is 13.1 Å². The van der Waals surface area contributed by atoms with E-state index in [-0.39, 0.29) is 0 Å². The second kappa shape index (κ2) is 6.99. The summed E-state index contributed by atoms with van der Waals surface area (Å²) in [6, 6.07) is 6.62. The second-order valence-corrected chi connectivity index (χ2v) is 7.13. The lowest BCUT2D eigenvalue weighted by molar-refractivity contribution is 0.137. The third kappa shape index (κ3) is 3.82. The number of pyridine rings is 1. The van der Waals surface area contributed by atoms with Crippen LogP contribution >= 0.6 is 0 Å². The summed E-state index contributed by atoms with van der Waals surface area (Å²) in [5.74, 6) is 2.76. The lowest BCUT2D eigenvalue weighted by atomic mass is 9.93. The molecular weight excluding hydrogens is 302 g/mol. The molecular formula is C18H25N5O. The van der Waals surface area contributed by atoms with E-state index in [1.165, 1.54) is 12.8 Å². The number of likely N-dealkylation sites (tertiary alicyclic amines) is 1. The Morgan fingerprint density at radius 2 is 2.21 bits per heavy atom. The average Bonchev–Trinajstić information content (AvgIpc) is 3.34. The Bertz CT molecular complexity index is 654. The maximum absolute atomic E-state index is 5.35. The van der Waals surface area contributed by atoms with Gasteiger partial charge in [0.15, 0.2) is 5.82 Å². The summed E-state index contributed by atoms with van der Waals surface area (Å²) in [7, 11) is 0. The lowest BCUT2D eigenvalue weighted by Crippen LogP contribution is -2.47. The van der Waals surface area contributed by atoms with E-state index in [2.05, 4.69) is 44.4 Å². The van der Waals surface area contributed by atoms with Gasteiger partial charge in [-0.05, 0) is 37.3 Å². The molecule has 0 unspecified atom stereocenters. The van der Waals surface area contributed by atoms with E-state index in [9.17, 15) is 0 Å². The normalized spacial score (nSPS) is 25.0. The van der Waals surface area contributed by atoms with Crippen LogP contribution in [-0.4, -0.2) is 39.2 Å². The lowest BCUT2D eigenvalue weighted by Gasteiger charge is -2.37. The molecule has 6 nitrogen and oxygen atoms in total. The van der Waals surface area contributed by atoms with Crippen molar-refractivity contribution in [1.29, 1.82) is 0 Å². The highest BCUT2D eigenvalue weighted by atomic mass is 16.5. The molecule has 0 radical (unpaired) electrons. The van der Waals surface area contributed by atoms with Gasteiger partial charge in [-0.15, -0.1) is 0 Å². The molecule has 24 heavy (non-hydrogen) atoms. The molecule has 2 fully saturated rings. The van der Waals surface area contributed by atoms with Crippen LogP contribution in [0.25, 0.3) is 0 Å². The van der Waals surface area contributed by atoms with Gasteiger partial charge in [-0.1, -0.05) is 18.1 Å². The van der Waals surface area contributed by atoms with Gasteiger partial charge in [0.2, 0.25) is 5.89 Å². The maximum Gasteiger partial charge on any atom is 0.240 e. The van der Waals surface area contributed by atoms with Crippen LogP contribution in [0.1, 0.15) is 49.5 Å². The zero-order valence-corrected chi connectivity index (χ0v) is 14.2. The first-order chi connectivity index (χ1) is 11.8. The van der Waals surface area contributed by atoms with Gasteiger partial charge in [-0.25, -0.2) is 0 Å². The predicted molar refractivity (Wildman–Crippen MR) is 90.2 cm³/mol. The van der Waals surface area contributed by atoms with E-state index in [1.54, 1.807) is 0 Å². The van der Waals surface area contributed by atoms with Crippen molar-refractivity contribution in [1.82, 2.24) is 25.3 Å². The van der Waals surface area contributed by atoms with Crippen molar-refractivity contribution in [2.75, 3.05) is 13.1 Å². The van der Waals surface area contributed by atoms with E-state index in [0.29, 0.717) is 24.4 Å².